The van der Waals surface area contributed by atoms with Gasteiger partial charge in [-0.15, -0.1) is 0 Å². The van der Waals surface area contributed by atoms with E-state index in [1.54, 1.807) is 0 Å². The Morgan fingerprint density at radius 1 is 1.12 bits per heavy atom. The highest BCUT2D eigenvalue weighted by Crippen LogP contribution is 2.16. The number of piperidine rings is 1. The number of nitrogens with zero attached hydrogens (tertiary/aromatic N) is 3. The van der Waals surface area contributed by atoms with Crippen LogP contribution in [0.4, 0.5) is 0 Å². The quantitative estimate of drug-likeness (QED) is 0.814. The normalized spacial score (nSPS) is 16.5. The van der Waals surface area contributed by atoms with Crippen LogP contribution >= 0.6 is 0 Å². The molecule has 2 heterocycles. The van der Waals surface area contributed by atoms with Crippen LogP contribution in [0, 0.1) is 0 Å². The predicted octanol–water partition coefficient (Wildman–Crippen LogP) is 3.60. The Labute approximate surface area is 144 Å². The van der Waals surface area contributed by atoms with Gasteiger partial charge in [0, 0.05) is 32.0 Å². The average Bonchev–Trinajstić information content (AvgIpc) is 2.65. The van der Waals surface area contributed by atoms with Gasteiger partial charge in [0.05, 0.1) is 0 Å². The van der Waals surface area contributed by atoms with E-state index in [1.165, 1.54) is 5.56 Å². The maximum atomic E-state index is 5.91. The maximum Gasteiger partial charge on any atom is 0.316 e. The summed E-state index contributed by atoms with van der Waals surface area (Å²) in [5, 5.41) is 0. The minimum Gasteiger partial charge on any atom is -0.460 e. The minimum absolute atomic E-state index is 0.229. The fraction of sp³-hybridized carbons (Fsp3) is 0.400. The molecule has 1 fully saturated rings. The molecule has 4 heteroatoms. The molecule has 1 aromatic carbocycles. The van der Waals surface area contributed by atoms with Crippen molar-refractivity contribution in [2.75, 3.05) is 19.6 Å². The Hall–Kier alpha value is -2.20. The zero-order valence-electron chi connectivity index (χ0n) is 14.3. The third-order valence-electron chi connectivity index (χ3n) is 4.37. The van der Waals surface area contributed by atoms with Gasteiger partial charge < -0.3 is 4.74 Å². The lowest BCUT2D eigenvalue weighted by molar-refractivity contribution is 0.0985. The van der Waals surface area contributed by atoms with Crippen molar-refractivity contribution in [1.29, 1.82) is 0 Å². The van der Waals surface area contributed by atoms with E-state index >= 15 is 0 Å². The fourth-order valence-corrected chi connectivity index (χ4v) is 2.85. The van der Waals surface area contributed by atoms with Gasteiger partial charge >= 0.3 is 6.01 Å². The van der Waals surface area contributed by atoms with Gasteiger partial charge in [-0.05, 0) is 30.4 Å². The van der Waals surface area contributed by atoms with Gasteiger partial charge in [0.2, 0.25) is 0 Å². The summed E-state index contributed by atoms with van der Waals surface area (Å²) in [4.78, 5) is 11.0. The van der Waals surface area contributed by atoms with E-state index in [0.29, 0.717) is 6.01 Å². The SMILES string of the molecule is CCc1cnc(OC2CCN(C/C=C/c3ccccc3)CC2)nc1. The van der Waals surface area contributed by atoms with Crippen molar-refractivity contribution in [2.24, 2.45) is 0 Å². The minimum atomic E-state index is 0.229. The van der Waals surface area contributed by atoms with Crippen LogP contribution in [-0.2, 0) is 6.42 Å². The fourth-order valence-electron chi connectivity index (χ4n) is 2.85. The summed E-state index contributed by atoms with van der Waals surface area (Å²) in [7, 11) is 0. The number of rotatable bonds is 6. The van der Waals surface area contributed by atoms with Gasteiger partial charge in [-0.2, -0.15) is 0 Å². The number of hydrogen-bond donors (Lipinski definition) is 0. The molecular weight excluding hydrogens is 298 g/mol. The molecule has 0 N–H and O–H groups in total. The van der Waals surface area contributed by atoms with E-state index in [1.807, 2.05) is 18.5 Å². The van der Waals surface area contributed by atoms with Crippen LogP contribution in [0.15, 0.2) is 48.8 Å². The summed E-state index contributed by atoms with van der Waals surface area (Å²) in [6.45, 7) is 5.19. The molecule has 1 aliphatic rings. The lowest BCUT2D eigenvalue weighted by Gasteiger charge is -2.30. The molecule has 1 saturated heterocycles. The highest BCUT2D eigenvalue weighted by Gasteiger charge is 2.20. The van der Waals surface area contributed by atoms with Crippen molar-refractivity contribution in [1.82, 2.24) is 14.9 Å². The third-order valence-corrected chi connectivity index (χ3v) is 4.37. The largest absolute Gasteiger partial charge is 0.460 e. The summed E-state index contributed by atoms with van der Waals surface area (Å²) in [6, 6.07) is 10.9. The molecule has 0 aliphatic carbocycles. The average molecular weight is 323 g/mol. The van der Waals surface area contributed by atoms with Crippen LogP contribution in [0.1, 0.15) is 30.9 Å². The summed E-state index contributed by atoms with van der Waals surface area (Å²) >= 11 is 0. The molecule has 2 aromatic rings. The van der Waals surface area contributed by atoms with E-state index < -0.39 is 0 Å². The molecule has 1 aliphatic heterocycles. The van der Waals surface area contributed by atoms with Crippen molar-refractivity contribution < 1.29 is 4.74 Å². The van der Waals surface area contributed by atoms with Crippen LogP contribution in [0.25, 0.3) is 6.08 Å². The van der Waals surface area contributed by atoms with Crippen LogP contribution < -0.4 is 4.74 Å². The summed E-state index contributed by atoms with van der Waals surface area (Å²) in [5.74, 6) is 0. The second kappa shape index (κ2) is 8.60. The molecule has 0 bridgehead atoms. The van der Waals surface area contributed by atoms with E-state index in [0.717, 1.165) is 44.5 Å². The topological polar surface area (TPSA) is 38.2 Å². The van der Waals surface area contributed by atoms with Crippen molar-refractivity contribution in [3.63, 3.8) is 0 Å². The Balaban J connectivity index is 1.41. The summed E-state index contributed by atoms with van der Waals surface area (Å²) in [6.07, 6.45) is 11.4. The summed E-state index contributed by atoms with van der Waals surface area (Å²) < 4.78 is 5.91. The maximum absolute atomic E-state index is 5.91. The van der Waals surface area contributed by atoms with E-state index in [-0.39, 0.29) is 6.10 Å². The third kappa shape index (κ3) is 4.90. The van der Waals surface area contributed by atoms with Crippen LogP contribution in [0.5, 0.6) is 6.01 Å². The molecule has 0 radical (unpaired) electrons. The van der Waals surface area contributed by atoms with Gasteiger partial charge in [0.1, 0.15) is 6.10 Å². The molecule has 126 valence electrons. The zero-order valence-corrected chi connectivity index (χ0v) is 14.3. The Morgan fingerprint density at radius 3 is 2.50 bits per heavy atom. The molecule has 0 spiro atoms. The highest BCUT2D eigenvalue weighted by atomic mass is 16.5. The monoisotopic (exact) mass is 323 g/mol. The number of aromatic nitrogens is 2. The second-order valence-corrected chi connectivity index (χ2v) is 6.16. The first-order valence-corrected chi connectivity index (χ1v) is 8.75. The number of hydrogen-bond acceptors (Lipinski definition) is 4. The predicted molar refractivity (Wildman–Crippen MR) is 97.0 cm³/mol. The van der Waals surface area contributed by atoms with E-state index in [9.17, 15) is 0 Å². The number of benzene rings is 1. The molecule has 24 heavy (non-hydrogen) atoms. The Bertz CT molecular complexity index is 632. The lowest BCUT2D eigenvalue weighted by Crippen LogP contribution is -2.38. The van der Waals surface area contributed by atoms with Gasteiger partial charge in [-0.1, -0.05) is 49.4 Å². The Morgan fingerprint density at radius 2 is 1.83 bits per heavy atom. The highest BCUT2D eigenvalue weighted by molar-refractivity contribution is 5.48. The second-order valence-electron chi connectivity index (χ2n) is 6.16. The number of likely N-dealkylation sites (tertiary alicyclic amines) is 1. The first-order chi connectivity index (χ1) is 11.8. The van der Waals surface area contributed by atoms with Crippen molar-refractivity contribution in [3.8, 4) is 6.01 Å². The van der Waals surface area contributed by atoms with Crippen molar-refractivity contribution in [2.45, 2.75) is 32.3 Å². The Kier molecular flexibility index (Phi) is 5.96. The molecule has 3 rings (SSSR count). The molecule has 4 nitrogen and oxygen atoms in total. The van der Waals surface area contributed by atoms with Crippen LogP contribution in [0.3, 0.4) is 0 Å². The van der Waals surface area contributed by atoms with Gasteiger partial charge in [-0.25, -0.2) is 9.97 Å². The zero-order chi connectivity index (χ0) is 16.6. The first kappa shape index (κ1) is 16.7. The van der Waals surface area contributed by atoms with E-state index in [2.05, 4.69) is 58.2 Å². The summed E-state index contributed by atoms with van der Waals surface area (Å²) in [5.41, 5.74) is 2.39. The molecule has 1 aromatic heterocycles. The molecule has 0 atom stereocenters. The van der Waals surface area contributed by atoms with E-state index in [4.69, 9.17) is 4.74 Å². The smallest absolute Gasteiger partial charge is 0.316 e. The number of ether oxygens (including phenoxy) is 1. The van der Waals surface area contributed by atoms with Gasteiger partial charge in [-0.3, -0.25) is 4.90 Å². The standard InChI is InChI=1S/C20H25N3O/c1-2-17-15-21-20(22-16-17)24-19-10-13-23(14-11-19)12-6-9-18-7-4-3-5-8-18/h3-9,15-16,19H,2,10-14H2,1H3/b9-6+. The molecular formula is C20H25N3O. The van der Waals surface area contributed by atoms with Gasteiger partial charge in [0.15, 0.2) is 0 Å². The molecule has 0 unspecified atom stereocenters. The van der Waals surface area contributed by atoms with Crippen LogP contribution in [-0.4, -0.2) is 40.6 Å². The molecule has 0 saturated carbocycles. The van der Waals surface area contributed by atoms with Crippen LogP contribution in [0.2, 0.25) is 0 Å². The van der Waals surface area contributed by atoms with Crippen molar-refractivity contribution in [3.05, 3.63) is 59.9 Å². The molecule has 0 amide bonds. The van der Waals surface area contributed by atoms with Crippen molar-refractivity contribution >= 4 is 6.08 Å². The number of aryl methyl sites for hydroxylation is 1. The lowest BCUT2D eigenvalue weighted by atomic mass is 10.1. The van der Waals surface area contributed by atoms with Gasteiger partial charge in [0.25, 0.3) is 0 Å². The first-order valence-electron chi connectivity index (χ1n) is 8.75.